The van der Waals surface area contributed by atoms with Crippen LogP contribution in [-0.2, 0) is 13.0 Å². The van der Waals surface area contributed by atoms with Crippen molar-refractivity contribution in [3.8, 4) is 5.69 Å². The predicted molar refractivity (Wildman–Crippen MR) is 102 cm³/mol. The van der Waals surface area contributed by atoms with Crippen LogP contribution in [0, 0.1) is 0 Å². The summed E-state index contributed by atoms with van der Waals surface area (Å²) in [5, 5.41) is 13.8. The molecule has 1 aliphatic rings. The Labute approximate surface area is 158 Å². The van der Waals surface area contributed by atoms with E-state index in [0.29, 0.717) is 11.7 Å². The molecule has 0 aliphatic carbocycles. The minimum absolute atomic E-state index is 0.251. The quantitative estimate of drug-likeness (QED) is 0.729. The van der Waals surface area contributed by atoms with Gasteiger partial charge in [-0.3, -0.25) is 9.88 Å². The molecule has 1 fully saturated rings. The van der Waals surface area contributed by atoms with Crippen molar-refractivity contribution in [1.82, 2.24) is 19.7 Å². The summed E-state index contributed by atoms with van der Waals surface area (Å²) in [5.74, 6) is -0.947. The van der Waals surface area contributed by atoms with Gasteiger partial charge in [-0.25, -0.2) is 9.48 Å². The number of aromatic carboxylic acids is 1. The van der Waals surface area contributed by atoms with Crippen molar-refractivity contribution in [2.45, 2.75) is 31.8 Å². The molecule has 0 unspecified atom stereocenters. The minimum Gasteiger partial charge on any atom is -0.478 e. The molecule has 138 valence electrons. The third-order valence-electron chi connectivity index (χ3n) is 5.07. The first-order chi connectivity index (χ1) is 13.2. The Balaban J connectivity index is 1.48. The molecule has 2 aromatic heterocycles. The molecule has 1 atom stereocenters. The first-order valence-corrected chi connectivity index (χ1v) is 9.21. The van der Waals surface area contributed by atoms with Crippen molar-refractivity contribution in [3.05, 3.63) is 77.9 Å². The van der Waals surface area contributed by atoms with Gasteiger partial charge in [0.1, 0.15) is 0 Å². The van der Waals surface area contributed by atoms with Crippen molar-refractivity contribution in [1.29, 1.82) is 0 Å². The van der Waals surface area contributed by atoms with E-state index in [1.807, 2.05) is 36.8 Å². The summed E-state index contributed by atoms with van der Waals surface area (Å²) in [6, 6.07) is 13.5. The van der Waals surface area contributed by atoms with E-state index in [4.69, 9.17) is 0 Å². The Hall–Kier alpha value is -2.99. The molecule has 27 heavy (non-hydrogen) atoms. The molecule has 3 heterocycles. The van der Waals surface area contributed by atoms with E-state index in [0.717, 1.165) is 30.8 Å². The minimum atomic E-state index is -0.947. The second-order valence-electron chi connectivity index (χ2n) is 6.91. The zero-order chi connectivity index (χ0) is 18.6. The van der Waals surface area contributed by atoms with Gasteiger partial charge in [0.25, 0.3) is 0 Å². The summed E-state index contributed by atoms with van der Waals surface area (Å²) in [7, 11) is 0. The Morgan fingerprint density at radius 2 is 2.04 bits per heavy atom. The van der Waals surface area contributed by atoms with E-state index >= 15 is 0 Å². The van der Waals surface area contributed by atoms with Gasteiger partial charge in [0.05, 0.1) is 17.4 Å². The van der Waals surface area contributed by atoms with Crippen molar-refractivity contribution < 1.29 is 9.90 Å². The summed E-state index contributed by atoms with van der Waals surface area (Å²) >= 11 is 0. The largest absolute Gasteiger partial charge is 0.478 e. The number of para-hydroxylation sites is 1. The molecule has 1 saturated heterocycles. The van der Waals surface area contributed by atoms with Gasteiger partial charge in [0.2, 0.25) is 0 Å². The van der Waals surface area contributed by atoms with Crippen molar-refractivity contribution in [2.24, 2.45) is 0 Å². The van der Waals surface area contributed by atoms with Crippen molar-refractivity contribution in [3.63, 3.8) is 0 Å². The summed E-state index contributed by atoms with van der Waals surface area (Å²) in [6.07, 6.45) is 8.92. The third kappa shape index (κ3) is 3.90. The summed E-state index contributed by atoms with van der Waals surface area (Å²) in [4.78, 5) is 18.4. The van der Waals surface area contributed by atoms with Crippen LogP contribution in [-0.4, -0.2) is 43.3 Å². The van der Waals surface area contributed by atoms with Gasteiger partial charge < -0.3 is 5.11 Å². The molecule has 4 rings (SSSR count). The van der Waals surface area contributed by atoms with E-state index in [9.17, 15) is 9.90 Å². The number of pyridine rings is 1. The number of carboxylic acid groups (broad SMARTS) is 1. The molecule has 0 amide bonds. The smallest absolute Gasteiger partial charge is 0.337 e. The highest BCUT2D eigenvalue weighted by Gasteiger charge is 2.25. The number of likely N-dealkylation sites (tertiary alicyclic amines) is 1. The molecule has 1 N–H and O–H groups in total. The van der Waals surface area contributed by atoms with Crippen LogP contribution in [0.1, 0.15) is 34.5 Å². The normalized spacial score (nSPS) is 17.3. The number of aromatic nitrogens is 3. The average molecular weight is 362 g/mol. The molecule has 0 bridgehead atoms. The fourth-order valence-electron chi connectivity index (χ4n) is 3.76. The highest BCUT2D eigenvalue weighted by atomic mass is 16.4. The van der Waals surface area contributed by atoms with Crippen molar-refractivity contribution in [2.75, 3.05) is 6.54 Å². The highest BCUT2D eigenvalue weighted by Crippen LogP contribution is 2.23. The molecule has 1 aliphatic heterocycles. The van der Waals surface area contributed by atoms with Crippen LogP contribution < -0.4 is 0 Å². The summed E-state index contributed by atoms with van der Waals surface area (Å²) in [5.41, 5.74) is 3.05. The molecule has 0 spiro atoms. The second kappa shape index (κ2) is 7.72. The van der Waals surface area contributed by atoms with Crippen LogP contribution >= 0.6 is 0 Å². The van der Waals surface area contributed by atoms with Crippen LogP contribution in [0.2, 0.25) is 0 Å². The zero-order valence-corrected chi connectivity index (χ0v) is 15.0. The first kappa shape index (κ1) is 17.4. The molecule has 0 radical (unpaired) electrons. The molecule has 3 aromatic rings. The van der Waals surface area contributed by atoms with Crippen LogP contribution in [0.4, 0.5) is 0 Å². The number of nitrogens with zero attached hydrogens (tertiary/aromatic N) is 4. The lowest BCUT2D eigenvalue weighted by Crippen LogP contribution is -2.30. The molecule has 6 heteroatoms. The summed E-state index contributed by atoms with van der Waals surface area (Å²) in [6.45, 7) is 1.88. The van der Waals surface area contributed by atoms with E-state index < -0.39 is 5.97 Å². The van der Waals surface area contributed by atoms with Gasteiger partial charge in [0, 0.05) is 42.7 Å². The monoisotopic (exact) mass is 362 g/mol. The fourth-order valence-corrected chi connectivity index (χ4v) is 3.76. The van der Waals surface area contributed by atoms with E-state index in [-0.39, 0.29) is 5.56 Å². The number of hydrogen-bond donors (Lipinski definition) is 1. The van der Waals surface area contributed by atoms with Gasteiger partial charge in [0.15, 0.2) is 0 Å². The first-order valence-electron chi connectivity index (χ1n) is 9.21. The maximum Gasteiger partial charge on any atom is 0.337 e. The second-order valence-corrected chi connectivity index (χ2v) is 6.91. The summed E-state index contributed by atoms with van der Waals surface area (Å²) < 4.78 is 1.66. The van der Waals surface area contributed by atoms with E-state index in [1.165, 1.54) is 12.8 Å². The number of benzene rings is 1. The van der Waals surface area contributed by atoms with Crippen LogP contribution in [0.3, 0.4) is 0 Å². The number of carboxylic acids is 1. The standard InChI is InChI=1S/C21H22N4O2/c26-21(27)19-8-1-2-9-20(19)25-15-16(13-23-25)14-24-11-5-7-18(24)12-17-6-3-4-10-22-17/h1-4,6,8-10,13,15,18H,5,7,11-12,14H2,(H,26,27)/t18-/m1/s1. The topological polar surface area (TPSA) is 71.2 Å². The Bertz CT molecular complexity index is 923. The number of carbonyl (C=O) groups is 1. The van der Waals surface area contributed by atoms with Gasteiger partial charge in [-0.2, -0.15) is 5.10 Å². The van der Waals surface area contributed by atoms with Crippen molar-refractivity contribution >= 4 is 5.97 Å². The Kier molecular flexibility index (Phi) is 4.98. The zero-order valence-electron chi connectivity index (χ0n) is 15.0. The van der Waals surface area contributed by atoms with Crippen LogP contribution in [0.25, 0.3) is 5.69 Å². The average Bonchev–Trinajstić information content (AvgIpc) is 3.33. The predicted octanol–water partition coefficient (Wildman–Crippen LogP) is 3.17. The number of rotatable bonds is 6. The van der Waals surface area contributed by atoms with Gasteiger partial charge >= 0.3 is 5.97 Å². The lowest BCUT2D eigenvalue weighted by atomic mass is 10.1. The molecule has 6 nitrogen and oxygen atoms in total. The van der Waals surface area contributed by atoms with Gasteiger partial charge in [-0.1, -0.05) is 18.2 Å². The lowest BCUT2D eigenvalue weighted by Gasteiger charge is -2.23. The molecule has 1 aromatic carbocycles. The third-order valence-corrected chi connectivity index (χ3v) is 5.07. The van der Waals surface area contributed by atoms with E-state index in [2.05, 4.69) is 21.0 Å². The SMILES string of the molecule is O=C(O)c1ccccc1-n1cc(CN2CCC[C@@H]2Cc2ccccn2)cn1. The molecular weight excluding hydrogens is 340 g/mol. The van der Waals surface area contributed by atoms with Gasteiger partial charge in [-0.05, 0) is 43.7 Å². The molecular formula is C21H22N4O2. The van der Waals surface area contributed by atoms with E-state index in [1.54, 1.807) is 22.9 Å². The van der Waals surface area contributed by atoms with Gasteiger partial charge in [-0.15, -0.1) is 0 Å². The van der Waals surface area contributed by atoms with Crippen LogP contribution in [0.15, 0.2) is 61.1 Å². The number of hydrogen-bond acceptors (Lipinski definition) is 4. The Morgan fingerprint density at radius 3 is 2.85 bits per heavy atom. The highest BCUT2D eigenvalue weighted by molar-refractivity contribution is 5.91. The maximum absolute atomic E-state index is 11.4. The Morgan fingerprint density at radius 1 is 1.19 bits per heavy atom. The molecule has 0 saturated carbocycles. The van der Waals surface area contributed by atoms with Crippen LogP contribution in [0.5, 0.6) is 0 Å². The fraction of sp³-hybridized carbons (Fsp3) is 0.286. The lowest BCUT2D eigenvalue weighted by molar-refractivity contribution is 0.0696. The maximum atomic E-state index is 11.4.